The Morgan fingerprint density at radius 3 is 2.58 bits per heavy atom. The zero-order valence-electron chi connectivity index (χ0n) is 22.1. The molecule has 4 fully saturated rings. The van der Waals surface area contributed by atoms with Crippen molar-refractivity contribution in [1.82, 2.24) is 19.8 Å². The van der Waals surface area contributed by atoms with Crippen LogP contribution in [0.2, 0.25) is 5.02 Å². The van der Waals surface area contributed by atoms with Crippen LogP contribution < -0.4 is 10.9 Å². The number of likely N-dealkylation sites (tertiary alicyclic amines) is 1. The lowest BCUT2D eigenvalue weighted by Crippen LogP contribution is -2.57. The van der Waals surface area contributed by atoms with Crippen LogP contribution in [-0.2, 0) is 5.41 Å². The SMILES string of the molecule is O=c1nc2n(c3cccc(Cl)c13)-c1cc(C3CCN(CC4C5CNCC4C5)CC3)ccc1C21CCCCC1. The van der Waals surface area contributed by atoms with Gasteiger partial charge in [-0.05, 0) is 111 Å². The molecule has 2 aromatic carbocycles. The lowest BCUT2D eigenvalue weighted by molar-refractivity contribution is -0.00109. The van der Waals surface area contributed by atoms with E-state index in [1.54, 1.807) is 0 Å². The molecule has 2 aliphatic carbocycles. The number of rotatable bonds is 3. The average Bonchev–Trinajstić information content (AvgIpc) is 3.21. The van der Waals surface area contributed by atoms with Crippen LogP contribution in [0.4, 0.5) is 0 Å². The molecule has 38 heavy (non-hydrogen) atoms. The number of fused-ring (bicyclic) bond motifs is 9. The zero-order valence-corrected chi connectivity index (χ0v) is 22.8. The number of nitrogens with zero attached hydrogens (tertiary/aromatic N) is 3. The number of hydrogen-bond acceptors (Lipinski definition) is 4. The largest absolute Gasteiger partial charge is 0.316 e. The number of halogens is 1. The fraction of sp³-hybridized carbons (Fsp3) is 0.562. The molecule has 5 nitrogen and oxygen atoms in total. The average molecular weight is 529 g/mol. The molecule has 6 heteroatoms. The number of aromatic nitrogens is 2. The number of hydrogen-bond donors (Lipinski definition) is 1. The Labute approximate surface area is 229 Å². The normalized spacial score (nSPS) is 28.3. The van der Waals surface area contributed by atoms with Crippen molar-refractivity contribution in [2.75, 3.05) is 32.7 Å². The van der Waals surface area contributed by atoms with Crippen LogP contribution in [0.15, 0.2) is 41.2 Å². The number of piperidine rings is 3. The van der Waals surface area contributed by atoms with Gasteiger partial charge >= 0.3 is 0 Å². The van der Waals surface area contributed by atoms with Crippen LogP contribution in [0.1, 0.15) is 74.2 Å². The molecule has 2 bridgehead atoms. The Balaban J connectivity index is 1.13. The van der Waals surface area contributed by atoms with Crippen molar-refractivity contribution in [3.8, 4) is 5.69 Å². The maximum absolute atomic E-state index is 13.2. The van der Waals surface area contributed by atoms with Gasteiger partial charge in [0, 0.05) is 6.54 Å². The van der Waals surface area contributed by atoms with Gasteiger partial charge in [-0.1, -0.05) is 49.1 Å². The summed E-state index contributed by atoms with van der Waals surface area (Å²) >= 11 is 6.56. The van der Waals surface area contributed by atoms with Crippen molar-refractivity contribution < 1.29 is 0 Å². The third-order valence-electron chi connectivity index (χ3n) is 10.9. The van der Waals surface area contributed by atoms with Crippen molar-refractivity contribution in [3.63, 3.8) is 0 Å². The predicted octanol–water partition coefficient (Wildman–Crippen LogP) is 5.64. The van der Waals surface area contributed by atoms with Gasteiger partial charge in [-0.15, -0.1) is 0 Å². The summed E-state index contributed by atoms with van der Waals surface area (Å²) in [7, 11) is 0. The van der Waals surface area contributed by atoms with Crippen LogP contribution in [0, 0.1) is 17.8 Å². The second-order valence-corrected chi connectivity index (χ2v) is 13.2. The lowest BCUT2D eigenvalue weighted by Gasteiger charge is -2.52. The molecule has 3 aromatic rings. The maximum atomic E-state index is 13.2. The summed E-state index contributed by atoms with van der Waals surface area (Å²) in [6.07, 6.45) is 9.66. The van der Waals surface area contributed by atoms with E-state index in [-0.39, 0.29) is 11.0 Å². The Morgan fingerprint density at radius 1 is 1.03 bits per heavy atom. The maximum Gasteiger partial charge on any atom is 0.282 e. The van der Waals surface area contributed by atoms with Crippen molar-refractivity contribution in [1.29, 1.82) is 0 Å². The van der Waals surface area contributed by atoms with Gasteiger partial charge in [0.05, 0.1) is 27.0 Å². The van der Waals surface area contributed by atoms with Crippen molar-refractivity contribution in [3.05, 3.63) is 68.7 Å². The molecule has 3 aliphatic heterocycles. The first-order valence-corrected chi connectivity index (χ1v) is 15.3. The van der Waals surface area contributed by atoms with Crippen LogP contribution in [0.3, 0.4) is 0 Å². The molecular formula is C32H37ClN4O. The van der Waals surface area contributed by atoms with E-state index in [4.69, 9.17) is 16.6 Å². The summed E-state index contributed by atoms with van der Waals surface area (Å²) in [6.45, 7) is 6.18. The van der Waals surface area contributed by atoms with Crippen LogP contribution in [0.5, 0.6) is 0 Å². The highest BCUT2D eigenvalue weighted by atomic mass is 35.5. The van der Waals surface area contributed by atoms with Gasteiger partial charge in [0.2, 0.25) is 0 Å². The molecule has 2 saturated carbocycles. The minimum Gasteiger partial charge on any atom is -0.316 e. The van der Waals surface area contributed by atoms with Gasteiger partial charge in [-0.2, -0.15) is 4.98 Å². The monoisotopic (exact) mass is 528 g/mol. The van der Waals surface area contributed by atoms with Crippen LogP contribution in [0.25, 0.3) is 16.6 Å². The fourth-order valence-corrected chi connectivity index (χ4v) is 9.10. The third kappa shape index (κ3) is 3.44. The molecule has 1 aromatic heterocycles. The summed E-state index contributed by atoms with van der Waals surface area (Å²) in [5, 5.41) is 4.64. The van der Waals surface area contributed by atoms with Gasteiger partial charge in [0.25, 0.3) is 5.56 Å². The van der Waals surface area contributed by atoms with Gasteiger partial charge < -0.3 is 10.2 Å². The standard InChI is InChI=1S/C32H37ClN4O/c33-26-5-4-6-27-29(26)30(38)35-31-32(11-2-1-3-12-32)25-8-7-21(16-28(25)37(27)31)20-9-13-36(14-10-20)19-24-22-15-23(24)18-34-17-22/h4-8,16,20,22-24,34H,1-3,9-15,17-19H2. The molecule has 0 amide bonds. The Kier molecular flexibility index (Phi) is 5.54. The van der Waals surface area contributed by atoms with E-state index in [9.17, 15) is 4.79 Å². The Bertz CT molecular complexity index is 1450. The van der Waals surface area contributed by atoms with Gasteiger partial charge in [-0.25, -0.2) is 0 Å². The highest BCUT2D eigenvalue weighted by Gasteiger charge is 2.47. The molecule has 2 unspecified atom stereocenters. The summed E-state index contributed by atoms with van der Waals surface area (Å²) in [5.74, 6) is 4.29. The van der Waals surface area contributed by atoms with Crippen molar-refractivity contribution in [2.45, 2.75) is 62.7 Å². The highest BCUT2D eigenvalue weighted by Crippen LogP contribution is 2.52. The van der Waals surface area contributed by atoms with E-state index < -0.39 is 0 Å². The van der Waals surface area contributed by atoms with E-state index in [0.717, 1.165) is 41.9 Å². The second kappa shape index (κ2) is 8.90. The van der Waals surface area contributed by atoms with E-state index >= 15 is 0 Å². The molecule has 8 rings (SSSR count). The summed E-state index contributed by atoms with van der Waals surface area (Å²) in [5.41, 5.74) is 4.61. The third-order valence-corrected chi connectivity index (χ3v) is 11.3. The van der Waals surface area contributed by atoms with Crippen molar-refractivity contribution >= 4 is 22.5 Å². The molecule has 0 radical (unpaired) electrons. The molecule has 1 N–H and O–H groups in total. The predicted molar refractivity (Wildman–Crippen MR) is 153 cm³/mol. The fourth-order valence-electron chi connectivity index (χ4n) is 8.85. The summed E-state index contributed by atoms with van der Waals surface area (Å²) < 4.78 is 2.30. The molecule has 4 heterocycles. The Hall–Kier alpha value is -2.21. The van der Waals surface area contributed by atoms with E-state index in [1.165, 1.54) is 88.1 Å². The van der Waals surface area contributed by atoms with Crippen molar-refractivity contribution in [2.24, 2.45) is 17.8 Å². The first-order chi connectivity index (χ1) is 18.6. The quantitative estimate of drug-likeness (QED) is 0.478. The first kappa shape index (κ1) is 23.7. The molecule has 2 saturated heterocycles. The minimum atomic E-state index is -0.186. The molecule has 5 aliphatic rings. The number of benzene rings is 2. The first-order valence-electron chi connectivity index (χ1n) is 14.9. The molecule has 198 valence electrons. The summed E-state index contributed by atoms with van der Waals surface area (Å²) in [6, 6.07) is 13.1. The highest BCUT2D eigenvalue weighted by molar-refractivity contribution is 6.35. The minimum absolute atomic E-state index is 0.152. The van der Waals surface area contributed by atoms with Crippen LogP contribution in [-0.4, -0.2) is 47.2 Å². The molecular weight excluding hydrogens is 492 g/mol. The smallest absolute Gasteiger partial charge is 0.282 e. The zero-order chi connectivity index (χ0) is 25.4. The van der Waals surface area contributed by atoms with E-state index in [2.05, 4.69) is 39.0 Å². The number of nitrogens with one attached hydrogen (secondary N) is 1. The second-order valence-electron chi connectivity index (χ2n) is 12.8. The van der Waals surface area contributed by atoms with Gasteiger partial charge in [0.15, 0.2) is 0 Å². The molecule has 2 atom stereocenters. The Morgan fingerprint density at radius 2 is 1.82 bits per heavy atom. The lowest BCUT2D eigenvalue weighted by atomic mass is 9.62. The molecule has 1 spiro atoms. The van der Waals surface area contributed by atoms with Gasteiger partial charge in [0.1, 0.15) is 5.82 Å². The van der Waals surface area contributed by atoms with E-state index in [0.29, 0.717) is 16.3 Å². The van der Waals surface area contributed by atoms with Gasteiger partial charge in [-0.3, -0.25) is 9.36 Å². The van der Waals surface area contributed by atoms with Crippen LogP contribution >= 0.6 is 11.6 Å². The summed E-state index contributed by atoms with van der Waals surface area (Å²) in [4.78, 5) is 20.7. The topological polar surface area (TPSA) is 50.2 Å². The van der Waals surface area contributed by atoms with E-state index in [1.807, 2.05) is 12.1 Å².